The van der Waals surface area contributed by atoms with Crippen molar-refractivity contribution in [2.24, 2.45) is 0 Å². The minimum absolute atomic E-state index is 0.0222. The van der Waals surface area contributed by atoms with E-state index in [1.807, 2.05) is 6.08 Å². The van der Waals surface area contributed by atoms with Gasteiger partial charge in [0, 0.05) is 6.42 Å². The van der Waals surface area contributed by atoms with Gasteiger partial charge in [-0.1, -0.05) is 50.5 Å². The predicted octanol–water partition coefficient (Wildman–Crippen LogP) is 3.93. The standard InChI is InChI=1S/C19H32O4/c1-3-4-10-13-16(20)19-17(23-19)14-11-8-6-5-7-9-12-15-18(21)22-2/h4,10-11,14,16-17,19-20H,3,5-9,12-13,15H2,1-2H3/b10-4-,14-11-/t16-,17+,19+/m1/s1. The van der Waals surface area contributed by atoms with E-state index in [1.54, 1.807) is 0 Å². The van der Waals surface area contributed by atoms with Gasteiger partial charge < -0.3 is 14.6 Å². The number of allylic oxidation sites excluding steroid dienone is 2. The number of carbonyl (C=O) groups excluding carboxylic acids is 1. The van der Waals surface area contributed by atoms with Crippen molar-refractivity contribution in [2.45, 2.75) is 83.0 Å². The SMILES string of the molecule is CC/C=C\C[C@@H](O)[C@@H]1O[C@H]1/C=C\CCCCCCCC(=O)OC. The number of aliphatic hydroxyl groups is 1. The maximum absolute atomic E-state index is 10.9. The average molecular weight is 324 g/mol. The zero-order valence-electron chi connectivity index (χ0n) is 14.6. The molecule has 1 aliphatic heterocycles. The number of hydrogen-bond donors (Lipinski definition) is 1. The van der Waals surface area contributed by atoms with E-state index >= 15 is 0 Å². The zero-order valence-corrected chi connectivity index (χ0v) is 14.6. The van der Waals surface area contributed by atoms with Crippen LogP contribution < -0.4 is 0 Å². The second-order valence-electron chi connectivity index (χ2n) is 6.06. The quantitative estimate of drug-likeness (QED) is 0.241. The summed E-state index contributed by atoms with van der Waals surface area (Å²) in [5.74, 6) is -0.112. The van der Waals surface area contributed by atoms with Gasteiger partial charge >= 0.3 is 5.97 Å². The van der Waals surface area contributed by atoms with Gasteiger partial charge in [0.2, 0.25) is 0 Å². The summed E-state index contributed by atoms with van der Waals surface area (Å²) >= 11 is 0. The monoisotopic (exact) mass is 324 g/mol. The number of esters is 1. The fraction of sp³-hybridized carbons (Fsp3) is 0.737. The largest absolute Gasteiger partial charge is 0.469 e. The Hall–Kier alpha value is -1.13. The first-order valence-electron chi connectivity index (χ1n) is 8.91. The van der Waals surface area contributed by atoms with Crippen LogP contribution in [0.2, 0.25) is 0 Å². The fourth-order valence-corrected chi connectivity index (χ4v) is 2.53. The van der Waals surface area contributed by atoms with Crippen molar-refractivity contribution < 1.29 is 19.4 Å². The smallest absolute Gasteiger partial charge is 0.305 e. The maximum Gasteiger partial charge on any atom is 0.305 e. The van der Waals surface area contributed by atoms with E-state index in [0.717, 1.165) is 38.5 Å². The molecule has 0 saturated carbocycles. The highest BCUT2D eigenvalue weighted by atomic mass is 16.6. The molecule has 4 nitrogen and oxygen atoms in total. The number of methoxy groups -OCH3 is 1. The van der Waals surface area contributed by atoms with Crippen LogP contribution in [0.25, 0.3) is 0 Å². The third-order valence-electron chi connectivity index (χ3n) is 4.03. The summed E-state index contributed by atoms with van der Waals surface area (Å²) in [4.78, 5) is 10.9. The Bertz CT molecular complexity index is 376. The van der Waals surface area contributed by atoms with Gasteiger partial charge in [-0.05, 0) is 32.1 Å². The minimum Gasteiger partial charge on any atom is -0.469 e. The molecule has 1 N–H and O–H groups in total. The van der Waals surface area contributed by atoms with Crippen LogP contribution in [0.5, 0.6) is 0 Å². The second kappa shape index (κ2) is 12.3. The van der Waals surface area contributed by atoms with Gasteiger partial charge in [0.05, 0.1) is 13.2 Å². The molecule has 1 saturated heterocycles. The average Bonchev–Trinajstić information content (AvgIpc) is 3.32. The molecule has 0 bridgehead atoms. The summed E-state index contributed by atoms with van der Waals surface area (Å²) in [7, 11) is 1.43. The van der Waals surface area contributed by atoms with Crippen molar-refractivity contribution in [3.8, 4) is 0 Å². The lowest BCUT2D eigenvalue weighted by Gasteiger charge is -2.02. The molecule has 1 heterocycles. The van der Waals surface area contributed by atoms with Crippen LogP contribution in [0.3, 0.4) is 0 Å². The molecular formula is C19H32O4. The Morgan fingerprint density at radius 1 is 1.17 bits per heavy atom. The summed E-state index contributed by atoms with van der Waals surface area (Å²) in [5.41, 5.74) is 0. The lowest BCUT2D eigenvalue weighted by Crippen LogP contribution is -2.15. The highest BCUT2D eigenvalue weighted by molar-refractivity contribution is 5.68. The minimum atomic E-state index is -0.387. The summed E-state index contributed by atoms with van der Waals surface area (Å²) in [6.07, 6.45) is 16.8. The first-order valence-corrected chi connectivity index (χ1v) is 8.91. The van der Waals surface area contributed by atoms with Crippen molar-refractivity contribution in [3.63, 3.8) is 0 Å². The normalized spacial score (nSPS) is 21.9. The number of rotatable bonds is 13. The molecule has 4 heteroatoms. The van der Waals surface area contributed by atoms with Gasteiger partial charge in [-0.2, -0.15) is 0 Å². The van der Waals surface area contributed by atoms with Crippen molar-refractivity contribution in [3.05, 3.63) is 24.3 Å². The fourth-order valence-electron chi connectivity index (χ4n) is 2.53. The molecule has 0 aromatic rings. The van der Waals surface area contributed by atoms with Gasteiger partial charge in [-0.25, -0.2) is 0 Å². The number of hydrogen-bond acceptors (Lipinski definition) is 4. The van der Waals surface area contributed by atoms with E-state index in [1.165, 1.54) is 13.5 Å². The van der Waals surface area contributed by atoms with Gasteiger partial charge in [-0.15, -0.1) is 0 Å². The van der Waals surface area contributed by atoms with Crippen molar-refractivity contribution in [1.29, 1.82) is 0 Å². The number of unbranched alkanes of at least 4 members (excludes halogenated alkanes) is 5. The highest BCUT2D eigenvalue weighted by Crippen LogP contribution is 2.28. The van der Waals surface area contributed by atoms with E-state index in [0.29, 0.717) is 12.8 Å². The molecule has 23 heavy (non-hydrogen) atoms. The van der Waals surface area contributed by atoms with E-state index in [4.69, 9.17) is 4.74 Å². The Balaban J connectivity index is 1.93. The Morgan fingerprint density at radius 2 is 1.91 bits per heavy atom. The van der Waals surface area contributed by atoms with E-state index in [-0.39, 0.29) is 24.3 Å². The van der Waals surface area contributed by atoms with Crippen LogP contribution in [-0.2, 0) is 14.3 Å². The number of aliphatic hydroxyl groups excluding tert-OH is 1. The first kappa shape index (κ1) is 19.9. The van der Waals surface area contributed by atoms with Gasteiger partial charge in [0.15, 0.2) is 0 Å². The van der Waals surface area contributed by atoms with Crippen molar-refractivity contribution in [1.82, 2.24) is 0 Å². The summed E-state index contributed by atoms with van der Waals surface area (Å²) in [5, 5.41) is 9.92. The maximum atomic E-state index is 10.9. The highest BCUT2D eigenvalue weighted by Gasteiger charge is 2.41. The van der Waals surface area contributed by atoms with Crippen LogP contribution >= 0.6 is 0 Å². The number of ether oxygens (including phenoxy) is 2. The number of epoxide rings is 1. The Labute approximate surface area is 140 Å². The molecule has 1 fully saturated rings. The van der Waals surface area contributed by atoms with Crippen molar-refractivity contribution >= 4 is 5.97 Å². The molecular weight excluding hydrogens is 292 g/mol. The topological polar surface area (TPSA) is 59.1 Å². The zero-order chi connectivity index (χ0) is 16.9. The van der Waals surface area contributed by atoms with Gasteiger partial charge in [0.1, 0.15) is 12.2 Å². The second-order valence-corrected chi connectivity index (χ2v) is 6.06. The Kier molecular flexibility index (Phi) is 10.7. The van der Waals surface area contributed by atoms with Gasteiger partial charge in [-0.3, -0.25) is 4.79 Å². The molecule has 0 aliphatic carbocycles. The lowest BCUT2D eigenvalue weighted by molar-refractivity contribution is -0.140. The summed E-state index contributed by atoms with van der Waals surface area (Å²) in [6, 6.07) is 0. The molecule has 3 atom stereocenters. The summed E-state index contributed by atoms with van der Waals surface area (Å²) in [6.45, 7) is 2.08. The molecule has 0 aromatic carbocycles. The molecule has 0 aromatic heterocycles. The van der Waals surface area contributed by atoms with E-state index in [9.17, 15) is 9.90 Å². The number of carbonyl (C=O) groups is 1. The van der Waals surface area contributed by atoms with Gasteiger partial charge in [0.25, 0.3) is 0 Å². The molecule has 0 spiro atoms. The van der Waals surface area contributed by atoms with E-state index in [2.05, 4.69) is 29.9 Å². The Morgan fingerprint density at radius 3 is 2.65 bits per heavy atom. The molecule has 1 rings (SSSR count). The molecule has 1 aliphatic rings. The molecule has 132 valence electrons. The van der Waals surface area contributed by atoms with E-state index < -0.39 is 0 Å². The van der Waals surface area contributed by atoms with Crippen LogP contribution in [-0.4, -0.2) is 36.5 Å². The third-order valence-corrected chi connectivity index (χ3v) is 4.03. The van der Waals surface area contributed by atoms with Crippen LogP contribution in [0.4, 0.5) is 0 Å². The molecule has 0 radical (unpaired) electrons. The summed E-state index contributed by atoms with van der Waals surface area (Å²) < 4.78 is 10.1. The molecule has 0 unspecified atom stereocenters. The molecule has 0 amide bonds. The van der Waals surface area contributed by atoms with Crippen molar-refractivity contribution in [2.75, 3.05) is 7.11 Å². The lowest BCUT2D eigenvalue weighted by atomic mass is 10.1. The van der Waals surface area contributed by atoms with Crippen LogP contribution in [0, 0.1) is 0 Å². The first-order chi connectivity index (χ1) is 11.2. The third kappa shape index (κ3) is 9.57. The van der Waals surface area contributed by atoms with Crippen LogP contribution in [0.1, 0.15) is 64.7 Å². The predicted molar refractivity (Wildman–Crippen MR) is 92.2 cm³/mol. The van der Waals surface area contributed by atoms with Crippen LogP contribution in [0.15, 0.2) is 24.3 Å².